The van der Waals surface area contributed by atoms with Crippen LogP contribution in [0.5, 0.6) is 0 Å². The molecule has 27 heavy (non-hydrogen) atoms. The summed E-state index contributed by atoms with van der Waals surface area (Å²) in [6, 6.07) is 5.00. The Hall–Kier alpha value is -2.32. The normalized spacial score (nSPS) is 14.5. The third-order valence-electron chi connectivity index (χ3n) is 4.65. The van der Waals surface area contributed by atoms with Gasteiger partial charge < -0.3 is 9.40 Å². The first-order valence-corrected chi connectivity index (χ1v) is 10.4. The highest BCUT2D eigenvalue weighted by Gasteiger charge is 2.31. The van der Waals surface area contributed by atoms with Crippen LogP contribution >= 0.6 is 11.6 Å². The predicted octanol–water partition coefficient (Wildman–Crippen LogP) is 4.32. The summed E-state index contributed by atoms with van der Waals surface area (Å²) in [5, 5.41) is 8.70. The number of nitrogens with zero attached hydrogens (tertiary/aromatic N) is 2. The van der Waals surface area contributed by atoms with Gasteiger partial charge in [-0.1, -0.05) is 11.6 Å². The van der Waals surface area contributed by atoms with E-state index in [1.165, 1.54) is 0 Å². The second-order valence-corrected chi connectivity index (χ2v) is 8.92. The van der Waals surface area contributed by atoms with Gasteiger partial charge in [-0.05, 0) is 57.4 Å². The lowest BCUT2D eigenvalue weighted by atomic mass is 10.2. The second-order valence-electron chi connectivity index (χ2n) is 6.86. The third-order valence-corrected chi connectivity index (χ3v) is 6.52. The van der Waals surface area contributed by atoms with Crippen molar-refractivity contribution in [1.29, 1.82) is 0 Å². The molecular weight excluding hydrogens is 388 g/mol. The molecule has 0 saturated heterocycles. The number of H-pyrrole nitrogens is 1. The minimum absolute atomic E-state index is 0.179. The number of aromatic nitrogens is 3. The molecule has 142 valence electrons. The van der Waals surface area contributed by atoms with Crippen molar-refractivity contribution in [3.05, 3.63) is 45.9 Å². The number of aryl methyl sites for hydroxylation is 2. The number of rotatable bonds is 5. The lowest BCUT2D eigenvalue weighted by Gasteiger charge is -2.11. The fourth-order valence-corrected chi connectivity index (χ4v) is 4.92. The average molecular weight is 407 g/mol. The fraction of sp³-hybridized carbons (Fsp3) is 0.333. The topological polar surface area (TPSA) is 101 Å². The maximum atomic E-state index is 13.0. The van der Waals surface area contributed by atoms with Gasteiger partial charge in [0.1, 0.15) is 10.6 Å². The van der Waals surface area contributed by atoms with Gasteiger partial charge in [0, 0.05) is 22.2 Å². The number of hydrogen-bond acceptors (Lipinski definition) is 5. The van der Waals surface area contributed by atoms with Crippen molar-refractivity contribution in [2.24, 2.45) is 0 Å². The van der Waals surface area contributed by atoms with Crippen LogP contribution in [0.4, 0.5) is 5.69 Å². The SMILES string of the molecule is Cc1cc(Cl)ccc1NS(=O)(=O)c1c(C)[nH]c(-c2nnc(C3CC3)o2)c1C. The van der Waals surface area contributed by atoms with Crippen LogP contribution in [0, 0.1) is 20.8 Å². The Labute approximate surface area is 162 Å². The van der Waals surface area contributed by atoms with Gasteiger partial charge in [0.15, 0.2) is 0 Å². The highest BCUT2D eigenvalue weighted by Crippen LogP contribution is 2.40. The second kappa shape index (κ2) is 6.38. The van der Waals surface area contributed by atoms with E-state index in [4.69, 9.17) is 16.0 Å². The van der Waals surface area contributed by atoms with E-state index in [2.05, 4.69) is 19.9 Å². The number of anilines is 1. The molecule has 7 nitrogen and oxygen atoms in total. The lowest BCUT2D eigenvalue weighted by Crippen LogP contribution is -2.15. The van der Waals surface area contributed by atoms with Gasteiger partial charge in [-0.25, -0.2) is 8.42 Å². The van der Waals surface area contributed by atoms with E-state index in [1.54, 1.807) is 39.0 Å². The van der Waals surface area contributed by atoms with Crippen LogP contribution in [-0.2, 0) is 10.0 Å². The largest absolute Gasteiger partial charge is 0.419 e. The molecule has 0 aliphatic heterocycles. The Morgan fingerprint density at radius 2 is 1.96 bits per heavy atom. The Kier molecular flexibility index (Phi) is 4.27. The van der Waals surface area contributed by atoms with E-state index >= 15 is 0 Å². The number of aromatic amines is 1. The number of halogens is 1. The lowest BCUT2D eigenvalue weighted by molar-refractivity contribution is 0.507. The number of sulfonamides is 1. The van der Waals surface area contributed by atoms with Gasteiger partial charge in [0.2, 0.25) is 5.89 Å². The molecule has 0 spiro atoms. The Morgan fingerprint density at radius 1 is 1.22 bits per heavy atom. The van der Waals surface area contributed by atoms with E-state index in [0.29, 0.717) is 45.4 Å². The van der Waals surface area contributed by atoms with Crippen molar-refractivity contribution in [3.8, 4) is 11.6 Å². The molecule has 3 aromatic rings. The highest BCUT2D eigenvalue weighted by molar-refractivity contribution is 7.92. The highest BCUT2D eigenvalue weighted by atomic mass is 35.5. The van der Waals surface area contributed by atoms with Crippen LogP contribution in [0.15, 0.2) is 27.5 Å². The molecule has 2 N–H and O–H groups in total. The first-order chi connectivity index (χ1) is 12.8. The van der Waals surface area contributed by atoms with Crippen LogP contribution < -0.4 is 4.72 Å². The van der Waals surface area contributed by atoms with E-state index in [0.717, 1.165) is 18.4 Å². The predicted molar refractivity (Wildman–Crippen MR) is 103 cm³/mol. The van der Waals surface area contributed by atoms with Crippen molar-refractivity contribution in [2.45, 2.75) is 44.4 Å². The minimum atomic E-state index is -3.81. The third kappa shape index (κ3) is 3.35. The van der Waals surface area contributed by atoms with E-state index in [-0.39, 0.29) is 4.90 Å². The van der Waals surface area contributed by atoms with Gasteiger partial charge >= 0.3 is 0 Å². The maximum Gasteiger partial charge on any atom is 0.264 e. The molecule has 0 unspecified atom stereocenters. The summed E-state index contributed by atoms with van der Waals surface area (Å²) in [6.45, 7) is 5.23. The smallest absolute Gasteiger partial charge is 0.264 e. The van der Waals surface area contributed by atoms with Crippen LogP contribution in [0.2, 0.25) is 5.02 Å². The molecule has 2 aromatic heterocycles. The summed E-state index contributed by atoms with van der Waals surface area (Å²) in [6.07, 6.45) is 2.10. The van der Waals surface area contributed by atoms with Crippen molar-refractivity contribution in [1.82, 2.24) is 15.2 Å². The zero-order valence-corrected chi connectivity index (χ0v) is 16.7. The summed E-state index contributed by atoms with van der Waals surface area (Å²) in [5.41, 5.74) is 2.79. The van der Waals surface area contributed by atoms with Crippen LogP contribution in [0.3, 0.4) is 0 Å². The van der Waals surface area contributed by atoms with Gasteiger partial charge in [0.25, 0.3) is 15.9 Å². The summed E-state index contributed by atoms with van der Waals surface area (Å²) >= 11 is 5.95. The fourth-order valence-electron chi connectivity index (χ4n) is 3.12. The number of hydrogen-bond donors (Lipinski definition) is 2. The molecule has 9 heteroatoms. The molecular formula is C18H19ClN4O3S. The molecule has 0 amide bonds. The molecule has 4 rings (SSSR count). The van der Waals surface area contributed by atoms with Gasteiger partial charge in [-0.3, -0.25) is 4.72 Å². The maximum absolute atomic E-state index is 13.0. The minimum Gasteiger partial charge on any atom is -0.419 e. The van der Waals surface area contributed by atoms with Crippen molar-refractivity contribution >= 4 is 27.3 Å². The van der Waals surface area contributed by atoms with E-state index < -0.39 is 10.0 Å². The molecule has 0 bridgehead atoms. The first kappa shape index (κ1) is 18.1. The molecule has 2 heterocycles. The van der Waals surface area contributed by atoms with Crippen LogP contribution in [-0.4, -0.2) is 23.6 Å². The average Bonchev–Trinajstić information content (AvgIpc) is 3.23. The Bertz CT molecular complexity index is 1130. The monoisotopic (exact) mass is 406 g/mol. The van der Waals surface area contributed by atoms with Crippen molar-refractivity contribution in [3.63, 3.8) is 0 Å². The van der Waals surface area contributed by atoms with E-state index in [9.17, 15) is 8.42 Å². The summed E-state index contributed by atoms with van der Waals surface area (Å²) in [5.74, 6) is 1.25. The summed E-state index contributed by atoms with van der Waals surface area (Å²) in [4.78, 5) is 3.26. The number of nitrogens with one attached hydrogen (secondary N) is 2. The first-order valence-electron chi connectivity index (χ1n) is 8.58. The van der Waals surface area contributed by atoms with Gasteiger partial charge in [-0.2, -0.15) is 0 Å². The molecule has 1 aliphatic rings. The quantitative estimate of drug-likeness (QED) is 0.657. The molecule has 0 radical (unpaired) electrons. The van der Waals surface area contributed by atoms with Gasteiger partial charge in [0.05, 0.1) is 5.69 Å². The Morgan fingerprint density at radius 3 is 2.63 bits per heavy atom. The zero-order chi connectivity index (χ0) is 19.3. The summed E-state index contributed by atoms with van der Waals surface area (Å²) < 4.78 is 34.4. The molecule has 1 aromatic carbocycles. The van der Waals surface area contributed by atoms with Crippen molar-refractivity contribution < 1.29 is 12.8 Å². The van der Waals surface area contributed by atoms with E-state index in [1.807, 2.05) is 0 Å². The zero-order valence-electron chi connectivity index (χ0n) is 15.1. The molecule has 1 fully saturated rings. The molecule has 0 atom stereocenters. The number of benzene rings is 1. The molecule has 1 saturated carbocycles. The molecule has 1 aliphatic carbocycles. The van der Waals surface area contributed by atoms with Crippen LogP contribution in [0.1, 0.15) is 41.5 Å². The standard InChI is InChI=1S/C18H19ClN4O3S/c1-9-8-13(19)6-7-14(9)23-27(24,25)16-10(2)15(20-11(16)3)18-22-21-17(26-18)12-4-5-12/h6-8,12,20,23H,4-5H2,1-3H3. The Balaban J connectivity index is 1.71. The van der Waals surface area contributed by atoms with Gasteiger partial charge in [-0.15, -0.1) is 10.2 Å². The van der Waals surface area contributed by atoms with Crippen LogP contribution in [0.25, 0.3) is 11.6 Å². The summed E-state index contributed by atoms with van der Waals surface area (Å²) in [7, 11) is -3.81. The van der Waals surface area contributed by atoms with Crippen molar-refractivity contribution in [2.75, 3.05) is 4.72 Å².